The molecule has 1 aromatic heterocycles. The molecule has 7 nitrogen and oxygen atoms in total. The lowest BCUT2D eigenvalue weighted by Gasteiger charge is -2.09. The molecule has 0 aliphatic rings. The molecule has 0 spiro atoms. The standard InChI is InChI=1S/C28H20ClN3O4S/c29-24-14-5-4-13-23(24)28(35)36-21-11-6-8-19(16-21)18-30-32-27(34)25(17-22-12-7-15-37-22)31-26(33)20-9-2-1-3-10-20/h1-18H,(H,31,33)(H,32,34)/b25-17+,30-18+. The highest BCUT2D eigenvalue weighted by Gasteiger charge is 2.15. The molecule has 2 amide bonds. The van der Waals surface area contributed by atoms with E-state index in [0.717, 1.165) is 4.88 Å². The van der Waals surface area contributed by atoms with Crippen molar-refractivity contribution in [3.63, 3.8) is 0 Å². The molecule has 4 aromatic rings. The van der Waals surface area contributed by atoms with Crippen LogP contribution in [0, 0.1) is 0 Å². The summed E-state index contributed by atoms with van der Waals surface area (Å²) < 4.78 is 5.40. The zero-order chi connectivity index (χ0) is 26.0. The fourth-order valence-corrected chi connectivity index (χ4v) is 4.00. The van der Waals surface area contributed by atoms with Crippen molar-refractivity contribution in [1.82, 2.24) is 10.7 Å². The van der Waals surface area contributed by atoms with Crippen molar-refractivity contribution in [2.45, 2.75) is 0 Å². The number of thiophene rings is 1. The van der Waals surface area contributed by atoms with Gasteiger partial charge in [0.05, 0.1) is 16.8 Å². The zero-order valence-electron chi connectivity index (χ0n) is 19.3. The lowest BCUT2D eigenvalue weighted by atomic mass is 10.2. The van der Waals surface area contributed by atoms with Crippen LogP contribution >= 0.6 is 22.9 Å². The molecule has 0 aliphatic heterocycles. The number of rotatable bonds is 8. The molecule has 37 heavy (non-hydrogen) atoms. The number of carbonyl (C=O) groups is 3. The van der Waals surface area contributed by atoms with E-state index in [0.29, 0.717) is 16.1 Å². The summed E-state index contributed by atoms with van der Waals surface area (Å²) in [5.41, 5.74) is 3.69. The molecule has 0 saturated carbocycles. The minimum absolute atomic E-state index is 0.0378. The third-order valence-electron chi connectivity index (χ3n) is 4.90. The molecular formula is C28H20ClN3O4S. The molecule has 0 bridgehead atoms. The normalized spacial score (nSPS) is 11.2. The molecule has 2 N–H and O–H groups in total. The summed E-state index contributed by atoms with van der Waals surface area (Å²) in [6.07, 6.45) is 2.97. The van der Waals surface area contributed by atoms with Gasteiger partial charge in [-0.3, -0.25) is 9.59 Å². The van der Waals surface area contributed by atoms with Crippen LogP contribution in [0.2, 0.25) is 5.02 Å². The van der Waals surface area contributed by atoms with Crippen LogP contribution in [0.5, 0.6) is 5.75 Å². The Balaban J connectivity index is 1.43. The highest BCUT2D eigenvalue weighted by molar-refractivity contribution is 7.10. The van der Waals surface area contributed by atoms with Crippen molar-refractivity contribution in [2.75, 3.05) is 0 Å². The first-order chi connectivity index (χ1) is 18.0. The molecule has 0 radical (unpaired) electrons. The second-order valence-corrected chi connectivity index (χ2v) is 8.92. The average molecular weight is 530 g/mol. The van der Waals surface area contributed by atoms with E-state index >= 15 is 0 Å². The Hall–Kier alpha value is -4.53. The summed E-state index contributed by atoms with van der Waals surface area (Å²) >= 11 is 7.48. The Bertz CT molecular complexity index is 1470. The van der Waals surface area contributed by atoms with Gasteiger partial charge in [-0.1, -0.05) is 60.1 Å². The van der Waals surface area contributed by atoms with Gasteiger partial charge < -0.3 is 10.1 Å². The smallest absolute Gasteiger partial charge is 0.345 e. The number of hydrogen-bond donors (Lipinski definition) is 2. The van der Waals surface area contributed by atoms with Gasteiger partial charge in [-0.2, -0.15) is 5.10 Å². The maximum Gasteiger partial charge on any atom is 0.345 e. The van der Waals surface area contributed by atoms with E-state index in [4.69, 9.17) is 16.3 Å². The summed E-state index contributed by atoms with van der Waals surface area (Å²) in [7, 11) is 0. The first-order valence-electron chi connectivity index (χ1n) is 11.0. The molecule has 4 rings (SSSR count). The lowest BCUT2D eigenvalue weighted by molar-refractivity contribution is -0.117. The van der Waals surface area contributed by atoms with E-state index in [1.54, 1.807) is 84.9 Å². The van der Waals surface area contributed by atoms with Crippen LogP contribution in [0.1, 0.15) is 31.2 Å². The number of hydrogen-bond acceptors (Lipinski definition) is 6. The third-order valence-corrected chi connectivity index (χ3v) is 6.05. The van der Waals surface area contributed by atoms with Crippen molar-refractivity contribution < 1.29 is 19.1 Å². The molecule has 3 aromatic carbocycles. The van der Waals surface area contributed by atoms with Gasteiger partial charge in [0, 0.05) is 10.4 Å². The summed E-state index contributed by atoms with van der Waals surface area (Å²) in [5.74, 6) is -1.33. The third kappa shape index (κ3) is 7.23. The van der Waals surface area contributed by atoms with Crippen molar-refractivity contribution in [3.8, 4) is 5.75 Å². The lowest BCUT2D eigenvalue weighted by Crippen LogP contribution is -2.32. The second kappa shape index (κ2) is 12.4. The number of esters is 1. The predicted octanol–water partition coefficient (Wildman–Crippen LogP) is 5.54. The van der Waals surface area contributed by atoms with Gasteiger partial charge in [-0.05, 0) is 59.5 Å². The number of amides is 2. The molecule has 1 heterocycles. The van der Waals surface area contributed by atoms with Crippen LogP contribution in [0.3, 0.4) is 0 Å². The minimum atomic E-state index is -0.602. The van der Waals surface area contributed by atoms with Crippen molar-refractivity contribution in [1.29, 1.82) is 0 Å². The molecular weight excluding hydrogens is 510 g/mol. The quantitative estimate of drug-likeness (QED) is 0.103. The second-order valence-electron chi connectivity index (χ2n) is 7.53. The molecule has 0 fully saturated rings. The SMILES string of the molecule is O=C(N/N=C/c1cccc(OC(=O)c2ccccc2Cl)c1)/C(=C\c1cccs1)NC(=O)c1ccccc1. The summed E-state index contributed by atoms with van der Waals surface area (Å²) in [6, 6.07) is 25.4. The fourth-order valence-electron chi connectivity index (χ4n) is 3.13. The summed E-state index contributed by atoms with van der Waals surface area (Å²) in [4.78, 5) is 38.7. The number of benzene rings is 3. The Kier molecular flexibility index (Phi) is 8.59. The molecule has 0 atom stereocenters. The van der Waals surface area contributed by atoms with Gasteiger partial charge in [0.1, 0.15) is 11.4 Å². The first kappa shape index (κ1) is 25.6. The molecule has 0 unspecified atom stereocenters. The molecule has 9 heteroatoms. The molecule has 184 valence electrons. The summed E-state index contributed by atoms with van der Waals surface area (Å²) in [5, 5.41) is 8.79. The minimum Gasteiger partial charge on any atom is -0.423 e. The first-order valence-corrected chi connectivity index (χ1v) is 12.3. The van der Waals surface area contributed by atoms with Gasteiger partial charge in [0.25, 0.3) is 11.8 Å². The number of nitrogens with one attached hydrogen (secondary N) is 2. The van der Waals surface area contributed by atoms with E-state index < -0.39 is 17.8 Å². The number of halogens is 1. The van der Waals surface area contributed by atoms with E-state index in [1.807, 2.05) is 17.5 Å². The van der Waals surface area contributed by atoms with E-state index in [2.05, 4.69) is 15.8 Å². The zero-order valence-corrected chi connectivity index (χ0v) is 20.8. The van der Waals surface area contributed by atoms with Crippen molar-refractivity contribution in [3.05, 3.63) is 129 Å². The largest absolute Gasteiger partial charge is 0.423 e. The maximum absolute atomic E-state index is 12.8. The monoisotopic (exact) mass is 529 g/mol. The van der Waals surface area contributed by atoms with Crippen LogP contribution in [-0.2, 0) is 4.79 Å². The molecule has 0 aliphatic carbocycles. The Morgan fingerprint density at radius 3 is 2.43 bits per heavy atom. The number of hydrazone groups is 1. The van der Waals surface area contributed by atoms with Crippen LogP contribution in [0.15, 0.2) is 107 Å². The van der Waals surface area contributed by atoms with Crippen LogP contribution in [0.25, 0.3) is 6.08 Å². The topological polar surface area (TPSA) is 96.9 Å². The summed E-state index contributed by atoms with van der Waals surface area (Å²) in [6.45, 7) is 0. The van der Waals surface area contributed by atoms with Gasteiger partial charge in [0.2, 0.25) is 0 Å². The fraction of sp³-hybridized carbons (Fsp3) is 0. The van der Waals surface area contributed by atoms with Gasteiger partial charge >= 0.3 is 5.97 Å². The van der Waals surface area contributed by atoms with Crippen LogP contribution < -0.4 is 15.5 Å². The number of ether oxygens (including phenoxy) is 1. The van der Waals surface area contributed by atoms with Gasteiger partial charge in [0.15, 0.2) is 0 Å². The molecule has 0 saturated heterocycles. The maximum atomic E-state index is 12.8. The highest BCUT2D eigenvalue weighted by Crippen LogP contribution is 2.19. The van der Waals surface area contributed by atoms with E-state index in [-0.39, 0.29) is 17.0 Å². The number of nitrogens with zero attached hydrogens (tertiary/aromatic N) is 1. The van der Waals surface area contributed by atoms with Gasteiger partial charge in [-0.25, -0.2) is 10.2 Å². The average Bonchev–Trinajstić information content (AvgIpc) is 3.42. The van der Waals surface area contributed by atoms with Crippen LogP contribution in [0.4, 0.5) is 0 Å². The Morgan fingerprint density at radius 2 is 1.68 bits per heavy atom. The highest BCUT2D eigenvalue weighted by atomic mass is 35.5. The Morgan fingerprint density at radius 1 is 0.892 bits per heavy atom. The number of carbonyl (C=O) groups excluding carboxylic acids is 3. The van der Waals surface area contributed by atoms with E-state index in [9.17, 15) is 14.4 Å². The van der Waals surface area contributed by atoms with E-state index in [1.165, 1.54) is 17.6 Å². The van der Waals surface area contributed by atoms with Crippen molar-refractivity contribution in [2.24, 2.45) is 5.10 Å². The Labute approximate surface area is 222 Å². The van der Waals surface area contributed by atoms with Gasteiger partial charge in [-0.15, -0.1) is 11.3 Å². The van der Waals surface area contributed by atoms with Crippen molar-refractivity contribution >= 4 is 53.0 Å². The predicted molar refractivity (Wildman–Crippen MR) is 145 cm³/mol. The van der Waals surface area contributed by atoms with Crippen LogP contribution in [-0.4, -0.2) is 24.0 Å².